The maximum absolute atomic E-state index is 12.5. The molecule has 0 aromatic rings. The summed E-state index contributed by atoms with van der Waals surface area (Å²) >= 11 is 0. The molecule has 0 aromatic carbocycles. The van der Waals surface area contributed by atoms with Crippen LogP contribution in [0.1, 0.15) is 26.2 Å². The van der Waals surface area contributed by atoms with Crippen LogP contribution in [0.3, 0.4) is 0 Å². The number of fused-ring (bicyclic) bond motifs is 1. The van der Waals surface area contributed by atoms with Crippen LogP contribution in [0, 0.1) is 11.8 Å². The zero-order valence-electron chi connectivity index (χ0n) is 10.6. The molecule has 0 radical (unpaired) electrons. The van der Waals surface area contributed by atoms with Crippen LogP contribution < -0.4 is 0 Å². The molecule has 2 unspecified atom stereocenters. The summed E-state index contributed by atoms with van der Waals surface area (Å²) in [5.41, 5.74) is 0. The largest absolute Gasteiger partial charge is 0.381 e. The second-order valence-corrected chi connectivity index (χ2v) is 5.67. The zero-order chi connectivity index (χ0) is 11.8. The van der Waals surface area contributed by atoms with E-state index in [1.54, 1.807) is 0 Å². The van der Waals surface area contributed by atoms with E-state index in [9.17, 15) is 4.79 Å². The summed E-state index contributed by atoms with van der Waals surface area (Å²) in [7, 11) is 0. The normalized spacial score (nSPS) is 31.7. The maximum Gasteiger partial charge on any atom is 0.320 e. The van der Waals surface area contributed by atoms with E-state index in [-0.39, 0.29) is 6.03 Å². The van der Waals surface area contributed by atoms with Crippen LogP contribution in [-0.2, 0) is 4.74 Å². The Morgan fingerprint density at radius 2 is 1.94 bits per heavy atom. The quantitative estimate of drug-likeness (QED) is 0.747. The highest BCUT2D eigenvalue weighted by atomic mass is 16.5. The van der Waals surface area contributed by atoms with Gasteiger partial charge in [-0.2, -0.15) is 0 Å². The van der Waals surface area contributed by atoms with Crippen LogP contribution in [0.4, 0.5) is 4.79 Å². The summed E-state index contributed by atoms with van der Waals surface area (Å²) in [5.74, 6) is 1.20. The highest BCUT2D eigenvalue weighted by molar-refractivity contribution is 5.75. The van der Waals surface area contributed by atoms with Gasteiger partial charge in [0.1, 0.15) is 0 Å². The summed E-state index contributed by atoms with van der Waals surface area (Å²) in [4.78, 5) is 16.6. The topological polar surface area (TPSA) is 32.8 Å². The van der Waals surface area contributed by atoms with Crippen LogP contribution in [0.2, 0.25) is 0 Å². The molecule has 1 aliphatic carbocycles. The van der Waals surface area contributed by atoms with Crippen molar-refractivity contribution in [2.75, 3.05) is 32.8 Å². The number of nitrogens with zero attached hydrogens (tertiary/aromatic N) is 2. The van der Waals surface area contributed by atoms with Gasteiger partial charge in [0.2, 0.25) is 0 Å². The average molecular weight is 238 g/mol. The van der Waals surface area contributed by atoms with Gasteiger partial charge in [-0.15, -0.1) is 0 Å². The molecule has 2 atom stereocenters. The van der Waals surface area contributed by atoms with E-state index in [1.165, 1.54) is 12.8 Å². The van der Waals surface area contributed by atoms with Gasteiger partial charge in [0.15, 0.2) is 0 Å². The van der Waals surface area contributed by atoms with Crippen LogP contribution in [0.5, 0.6) is 0 Å². The van der Waals surface area contributed by atoms with Gasteiger partial charge in [-0.25, -0.2) is 4.79 Å². The van der Waals surface area contributed by atoms with Crippen molar-refractivity contribution in [3.63, 3.8) is 0 Å². The summed E-state index contributed by atoms with van der Waals surface area (Å²) in [5, 5.41) is 0. The molecule has 3 rings (SSSR count). The average Bonchev–Trinajstić information content (AvgIpc) is 2.91. The second-order valence-electron chi connectivity index (χ2n) is 5.67. The van der Waals surface area contributed by atoms with Crippen molar-refractivity contribution in [1.82, 2.24) is 9.80 Å². The zero-order valence-corrected chi connectivity index (χ0v) is 10.6. The number of amides is 2. The van der Waals surface area contributed by atoms with Gasteiger partial charge in [-0.1, -0.05) is 6.92 Å². The molecule has 1 saturated carbocycles. The summed E-state index contributed by atoms with van der Waals surface area (Å²) in [6, 6.07) is 0.822. The third-order valence-electron chi connectivity index (χ3n) is 4.21. The van der Waals surface area contributed by atoms with Crippen LogP contribution in [0.15, 0.2) is 0 Å². The Labute approximate surface area is 103 Å². The molecule has 4 heteroatoms. The van der Waals surface area contributed by atoms with Crippen molar-refractivity contribution in [3.05, 3.63) is 0 Å². The molecule has 96 valence electrons. The lowest BCUT2D eigenvalue weighted by Crippen LogP contribution is -2.44. The molecule has 2 saturated heterocycles. The van der Waals surface area contributed by atoms with E-state index >= 15 is 0 Å². The number of carbonyl (C=O) groups is 1. The second kappa shape index (κ2) is 4.48. The highest BCUT2D eigenvalue weighted by Crippen LogP contribution is 2.32. The van der Waals surface area contributed by atoms with E-state index in [0.717, 1.165) is 39.3 Å². The lowest BCUT2D eigenvalue weighted by Gasteiger charge is -2.28. The maximum atomic E-state index is 12.5. The lowest BCUT2D eigenvalue weighted by atomic mass is 10.0. The fraction of sp³-hybridized carbons (Fsp3) is 0.923. The molecule has 2 heterocycles. The molecule has 4 nitrogen and oxygen atoms in total. The van der Waals surface area contributed by atoms with Gasteiger partial charge < -0.3 is 14.5 Å². The van der Waals surface area contributed by atoms with Gasteiger partial charge in [0, 0.05) is 37.5 Å². The van der Waals surface area contributed by atoms with E-state index in [2.05, 4.69) is 16.7 Å². The third kappa shape index (κ3) is 2.15. The fourth-order valence-electron chi connectivity index (χ4n) is 3.09. The lowest BCUT2D eigenvalue weighted by molar-refractivity contribution is 0.135. The molecule has 0 spiro atoms. The number of likely N-dealkylation sites (tertiary alicyclic amines) is 1. The van der Waals surface area contributed by atoms with Gasteiger partial charge in [0.25, 0.3) is 0 Å². The number of urea groups is 1. The molecule has 0 N–H and O–H groups in total. The summed E-state index contributed by atoms with van der Waals surface area (Å²) < 4.78 is 5.46. The Kier molecular flexibility index (Phi) is 2.99. The van der Waals surface area contributed by atoms with Gasteiger partial charge >= 0.3 is 6.03 Å². The first-order chi connectivity index (χ1) is 8.29. The van der Waals surface area contributed by atoms with Crippen molar-refractivity contribution in [3.8, 4) is 0 Å². The minimum absolute atomic E-state index is 0.281. The predicted octanol–water partition coefficient (Wildman–Crippen LogP) is 1.56. The standard InChI is InChI=1S/C13H22N2O2/c1-2-5-15(12-3-4-12)13(16)14-6-10-8-17-9-11(10)7-14/h10-12H,2-9H2,1H3. The van der Waals surface area contributed by atoms with Gasteiger partial charge in [0.05, 0.1) is 13.2 Å². The van der Waals surface area contributed by atoms with Crippen molar-refractivity contribution in [1.29, 1.82) is 0 Å². The van der Waals surface area contributed by atoms with E-state index in [4.69, 9.17) is 4.74 Å². The van der Waals surface area contributed by atoms with Crippen molar-refractivity contribution in [2.45, 2.75) is 32.2 Å². The Hall–Kier alpha value is -0.770. The molecule has 2 amide bonds. The first-order valence-corrected chi connectivity index (χ1v) is 6.93. The van der Waals surface area contributed by atoms with E-state index < -0.39 is 0 Å². The van der Waals surface area contributed by atoms with Crippen LogP contribution in [-0.4, -0.2) is 54.7 Å². The number of hydrogen-bond donors (Lipinski definition) is 0. The molecule has 0 bridgehead atoms. The number of hydrogen-bond acceptors (Lipinski definition) is 2. The SMILES string of the molecule is CCCN(C(=O)N1CC2COCC2C1)C1CC1. The Morgan fingerprint density at radius 3 is 2.47 bits per heavy atom. The monoisotopic (exact) mass is 238 g/mol. The van der Waals surface area contributed by atoms with Crippen LogP contribution >= 0.6 is 0 Å². The molecule has 0 aromatic heterocycles. The summed E-state index contributed by atoms with van der Waals surface area (Å²) in [6.45, 7) is 6.60. The van der Waals surface area contributed by atoms with Gasteiger partial charge in [-0.05, 0) is 19.3 Å². The first kappa shape index (κ1) is 11.3. The molecule has 17 heavy (non-hydrogen) atoms. The Balaban J connectivity index is 1.61. The highest BCUT2D eigenvalue weighted by Gasteiger charge is 2.42. The fourth-order valence-corrected chi connectivity index (χ4v) is 3.09. The molecule has 2 aliphatic heterocycles. The first-order valence-electron chi connectivity index (χ1n) is 6.93. The predicted molar refractivity (Wildman–Crippen MR) is 64.8 cm³/mol. The number of ether oxygens (including phenoxy) is 1. The molecule has 3 aliphatic rings. The van der Waals surface area contributed by atoms with Crippen molar-refractivity contribution in [2.24, 2.45) is 11.8 Å². The van der Waals surface area contributed by atoms with Crippen molar-refractivity contribution >= 4 is 6.03 Å². The molecule has 3 fully saturated rings. The van der Waals surface area contributed by atoms with E-state index in [1.807, 2.05) is 0 Å². The van der Waals surface area contributed by atoms with Crippen molar-refractivity contribution < 1.29 is 9.53 Å². The third-order valence-corrected chi connectivity index (χ3v) is 4.21. The van der Waals surface area contributed by atoms with Gasteiger partial charge in [-0.3, -0.25) is 0 Å². The van der Waals surface area contributed by atoms with Crippen LogP contribution in [0.25, 0.3) is 0 Å². The summed E-state index contributed by atoms with van der Waals surface area (Å²) in [6.07, 6.45) is 3.47. The molecular formula is C13H22N2O2. The smallest absolute Gasteiger partial charge is 0.320 e. The minimum atomic E-state index is 0.281. The number of rotatable bonds is 3. The Morgan fingerprint density at radius 1 is 1.29 bits per heavy atom. The minimum Gasteiger partial charge on any atom is -0.381 e. The Bertz CT molecular complexity index is 292. The molecular weight excluding hydrogens is 216 g/mol. The van der Waals surface area contributed by atoms with E-state index in [0.29, 0.717) is 17.9 Å². The number of carbonyl (C=O) groups excluding carboxylic acids is 1.